The van der Waals surface area contributed by atoms with E-state index in [1.807, 2.05) is 0 Å². The zero-order valence-corrected chi connectivity index (χ0v) is 10.3. The van der Waals surface area contributed by atoms with Gasteiger partial charge in [0.05, 0.1) is 0 Å². The maximum absolute atomic E-state index is 5.52. The van der Waals surface area contributed by atoms with Gasteiger partial charge >= 0.3 is 0 Å². The predicted molar refractivity (Wildman–Crippen MR) is 75.6 cm³/mol. The van der Waals surface area contributed by atoms with Gasteiger partial charge in [-0.15, -0.1) is 11.8 Å². The van der Waals surface area contributed by atoms with Crippen LogP contribution in [0.2, 0.25) is 0 Å². The van der Waals surface area contributed by atoms with Gasteiger partial charge in [-0.05, 0) is 18.2 Å². The first-order valence-electron chi connectivity index (χ1n) is 5.72. The number of fused-ring (bicyclic) bond motifs is 3. The Morgan fingerprint density at radius 2 is 1.82 bits per heavy atom. The van der Waals surface area contributed by atoms with Gasteiger partial charge in [-0.25, -0.2) is 0 Å². The summed E-state index contributed by atoms with van der Waals surface area (Å²) in [7, 11) is 0. The Balaban J connectivity index is 2.13. The van der Waals surface area contributed by atoms with Crippen LogP contribution in [0.4, 0.5) is 0 Å². The lowest BCUT2D eigenvalue weighted by atomic mass is 10.2. The van der Waals surface area contributed by atoms with E-state index in [9.17, 15) is 0 Å². The Morgan fingerprint density at radius 1 is 1.00 bits per heavy atom. The van der Waals surface area contributed by atoms with Crippen molar-refractivity contribution in [3.8, 4) is 0 Å². The highest BCUT2D eigenvalue weighted by Crippen LogP contribution is 2.28. The van der Waals surface area contributed by atoms with Crippen LogP contribution >= 0.6 is 11.8 Å². The van der Waals surface area contributed by atoms with Crippen LogP contribution in [0.3, 0.4) is 0 Å². The minimum Gasteiger partial charge on any atom is -0.354 e. The number of aromatic nitrogens is 1. The predicted octanol–water partition coefficient (Wildman–Crippen LogP) is 3.37. The fourth-order valence-corrected chi connectivity index (χ4v) is 2.82. The monoisotopic (exact) mass is 242 g/mol. The minimum atomic E-state index is 0.718. The Labute approximate surface area is 104 Å². The van der Waals surface area contributed by atoms with E-state index in [4.69, 9.17) is 5.73 Å². The van der Waals surface area contributed by atoms with E-state index in [-0.39, 0.29) is 0 Å². The van der Waals surface area contributed by atoms with E-state index in [0.29, 0.717) is 0 Å². The minimum absolute atomic E-state index is 0.718. The number of nitrogens with one attached hydrogen (secondary N) is 1. The van der Waals surface area contributed by atoms with Crippen LogP contribution in [0, 0.1) is 0 Å². The first-order valence-corrected chi connectivity index (χ1v) is 6.70. The lowest BCUT2D eigenvalue weighted by Gasteiger charge is -1.99. The average Bonchev–Trinajstić information content (AvgIpc) is 2.74. The number of thioether (sulfide) groups is 1. The molecule has 0 spiro atoms. The van der Waals surface area contributed by atoms with Gasteiger partial charge in [0.15, 0.2) is 0 Å². The maximum Gasteiger partial charge on any atom is 0.0476 e. The smallest absolute Gasteiger partial charge is 0.0476 e. The number of H-pyrrole nitrogens is 1. The van der Waals surface area contributed by atoms with Crippen LogP contribution in [-0.4, -0.2) is 17.3 Å². The molecule has 0 radical (unpaired) electrons. The summed E-state index contributed by atoms with van der Waals surface area (Å²) in [4.78, 5) is 4.72. The standard InChI is InChI=1S/C14H14N2S/c15-7-8-17-10-5-6-12-11-3-1-2-4-13(11)16-14(12)9-10/h1-6,9,16H,7-8,15H2. The van der Waals surface area contributed by atoms with Crippen molar-refractivity contribution in [1.29, 1.82) is 0 Å². The normalized spacial score (nSPS) is 11.4. The molecule has 0 amide bonds. The molecule has 0 aliphatic heterocycles. The van der Waals surface area contributed by atoms with Gasteiger partial charge in [0.1, 0.15) is 0 Å². The van der Waals surface area contributed by atoms with Gasteiger partial charge < -0.3 is 10.7 Å². The molecule has 0 unspecified atom stereocenters. The van der Waals surface area contributed by atoms with E-state index < -0.39 is 0 Å². The zero-order valence-electron chi connectivity index (χ0n) is 9.44. The third-order valence-corrected chi connectivity index (χ3v) is 3.89. The van der Waals surface area contributed by atoms with Gasteiger partial charge in [0.2, 0.25) is 0 Å². The first-order chi connectivity index (χ1) is 8.38. The highest BCUT2D eigenvalue weighted by Gasteiger charge is 2.04. The van der Waals surface area contributed by atoms with Crippen molar-refractivity contribution in [3.63, 3.8) is 0 Å². The SMILES string of the molecule is NCCSc1ccc2c(c1)[nH]c1ccccc12. The van der Waals surface area contributed by atoms with Crippen molar-refractivity contribution in [2.45, 2.75) is 4.90 Å². The number of para-hydroxylation sites is 1. The van der Waals surface area contributed by atoms with Gasteiger partial charge in [0.25, 0.3) is 0 Å². The van der Waals surface area contributed by atoms with Gasteiger partial charge in [-0.2, -0.15) is 0 Å². The number of benzene rings is 2. The molecule has 3 rings (SSSR count). The average molecular weight is 242 g/mol. The number of aromatic amines is 1. The fourth-order valence-electron chi connectivity index (χ4n) is 2.10. The number of hydrogen-bond donors (Lipinski definition) is 2. The molecule has 2 nitrogen and oxygen atoms in total. The van der Waals surface area contributed by atoms with Crippen molar-refractivity contribution in [2.75, 3.05) is 12.3 Å². The van der Waals surface area contributed by atoms with Crippen molar-refractivity contribution >= 4 is 33.6 Å². The van der Waals surface area contributed by atoms with E-state index in [0.717, 1.165) is 12.3 Å². The molecule has 3 heteroatoms. The molecule has 0 bridgehead atoms. The quantitative estimate of drug-likeness (QED) is 0.691. The molecule has 2 aromatic carbocycles. The fraction of sp³-hybridized carbons (Fsp3) is 0.143. The van der Waals surface area contributed by atoms with E-state index in [1.54, 1.807) is 11.8 Å². The van der Waals surface area contributed by atoms with Crippen LogP contribution in [0.25, 0.3) is 21.8 Å². The molecule has 1 heterocycles. The van der Waals surface area contributed by atoms with Crippen LogP contribution in [0.5, 0.6) is 0 Å². The molecule has 0 fully saturated rings. The summed E-state index contributed by atoms with van der Waals surface area (Å²) in [6.07, 6.45) is 0. The van der Waals surface area contributed by atoms with E-state index in [2.05, 4.69) is 47.4 Å². The van der Waals surface area contributed by atoms with Crippen LogP contribution in [0.1, 0.15) is 0 Å². The maximum atomic E-state index is 5.52. The summed E-state index contributed by atoms with van der Waals surface area (Å²) in [6, 6.07) is 15.0. The van der Waals surface area contributed by atoms with Crippen molar-refractivity contribution in [3.05, 3.63) is 42.5 Å². The van der Waals surface area contributed by atoms with Crippen molar-refractivity contribution in [1.82, 2.24) is 4.98 Å². The van der Waals surface area contributed by atoms with Crippen LogP contribution in [0.15, 0.2) is 47.4 Å². The lowest BCUT2D eigenvalue weighted by molar-refractivity contribution is 1.15. The summed E-state index contributed by atoms with van der Waals surface area (Å²) in [6.45, 7) is 0.718. The second kappa shape index (κ2) is 4.43. The second-order valence-electron chi connectivity index (χ2n) is 4.02. The summed E-state index contributed by atoms with van der Waals surface area (Å²) < 4.78 is 0. The number of rotatable bonds is 3. The first kappa shape index (κ1) is 10.7. The lowest BCUT2D eigenvalue weighted by Crippen LogP contribution is -2.00. The molecule has 3 N–H and O–H groups in total. The molecule has 17 heavy (non-hydrogen) atoms. The Hall–Kier alpha value is -1.45. The Bertz CT molecular complexity index is 657. The highest BCUT2D eigenvalue weighted by molar-refractivity contribution is 7.99. The molecule has 0 atom stereocenters. The van der Waals surface area contributed by atoms with Gasteiger partial charge in [-0.3, -0.25) is 0 Å². The van der Waals surface area contributed by atoms with Crippen LogP contribution < -0.4 is 5.73 Å². The summed E-state index contributed by atoms with van der Waals surface area (Å²) >= 11 is 1.80. The molecule has 3 aromatic rings. The summed E-state index contributed by atoms with van der Waals surface area (Å²) in [5.74, 6) is 0.964. The van der Waals surface area contributed by atoms with Crippen molar-refractivity contribution < 1.29 is 0 Å². The molecule has 1 aromatic heterocycles. The molecule has 0 saturated carbocycles. The molecule has 0 aliphatic carbocycles. The molecule has 0 saturated heterocycles. The molecular weight excluding hydrogens is 228 g/mol. The Kier molecular flexibility index (Phi) is 2.79. The molecular formula is C14H14N2S. The largest absolute Gasteiger partial charge is 0.354 e. The number of hydrogen-bond acceptors (Lipinski definition) is 2. The highest BCUT2D eigenvalue weighted by atomic mass is 32.2. The van der Waals surface area contributed by atoms with E-state index >= 15 is 0 Å². The third kappa shape index (κ3) is 1.92. The molecule has 0 aliphatic rings. The van der Waals surface area contributed by atoms with Gasteiger partial charge in [0, 0.05) is 39.0 Å². The van der Waals surface area contributed by atoms with Gasteiger partial charge in [-0.1, -0.05) is 24.3 Å². The summed E-state index contributed by atoms with van der Waals surface area (Å²) in [5.41, 5.74) is 7.92. The Morgan fingerprint density at radius 3 is 2.71 bits per heavy atom. The van der Waals surface area contributed by atoms with Crippen molar-refractivity contribution in [2.24, 2.45) is 5.73 Å². The molecule has 86 valence electrons. The zero-order chi connectivity index (χ0) is 11.7. The van der Waals surface area contributed by atoms with Crippen LogP contribution in [-0.2, 0) is 0 Å². The third-order valence-electron chi connectivity index (χ3n) is 2.86. The second-order valence-corrected chi connectivity index (χ2v) is 5.18. The number of nitrogens with two attached hydrogens (primary N) is 1. The summed E-state index contributed by atoms with van der Waals surface area (Å²) in [5, 5.41) is 2.58. The topological polar surface area (TPSA) is 41.8 Å². The van der Waals surface area contributed by atoms with E-state index in [1.165, 1.54) is 26.7 Å².